The Bertz CT molecular complexity index is 497. The van der Waals surface area contributed by atoms with Crippen LogP contribution in [0.4, 0.5) is 0 Å². The van der Waals surface area contributed by atoms with E-state index >= 15 is 0 Å². The molecular weight excluding hydrogens is 254 g/mol. The highest BCUT2D eigenvalue weighted by atomic mass is 32.1. The molecule has 1 aromatic heterocycles. The van der Waals surface area contributed by atoms with Gasteiger partial charge in [0.15, 0.2) is 0 Å². The first-order valence-corrected chi connectivity index (χ1v) is 7.56. The van der Waals surface area contributed by atoms with E-state index in [4.69, 9.17) is 0 Å². The van der Waals surface area contributed by atoms with Gasteiger partial charge in [-0.2, -0.15) is 0 Å². The first kappa shape index (κ1) is 12.8. The zero-order valence-electron chi connectivity index (χ0n) is 11.2. The highest BCUT2D eigenvalue weighted by Gasteiger charge is 2.25. The predicted octanol–water partition coefficient (Wildman–Crippen LogP) is 2.63. The minimum atomic E-state index is 0.503. The number of hydrogen-bond donors (Lipinski definition) is 0. The molecule has 1 aliphatic rings. The van der Waals surface area contributed by atoms with Gasteiger partial charge in [-0.1, -0.05) is 30.3 Å². The van der Waals surface area contributed by atoms with Crippen LogP contribution in [-0.4, -0.2) is 41.5 Å². The van der Waals surface area contributed by atoms with E-state index < -0.39 is 0 Å². The monoisotopic (exact) mass is 273 g/mol. The van der Waals surface area contributed by atoms with Crippen molar-refractivity contribution in [1.82, 2.24) is 14.8 Å². The molecule has 0 spiro atoms. The fourth-order valence-corrected chi connectivity index (χ4v) is 3.29. The third-order valence-corrected chi connectivity index (χ3v) is 4.54. The van der Waals surface area contributed by atoms with Crippen LogP contribution in [0.25, 0.3) is 0 Å². The molecule has 0 bridgehead atoms. The van der Waals surface area contributed by atoms with E-state index in [-0.39, 0.29) is 0 Å². The summed E-state index contributed by atoms with van der Waals surface area (Å²) in [6.07, 6.45) is 1.99. The van der Waals surface area contributed by atoms with Crippen LogP contribution < -0.4 is 0 Å². The SMILES string of the molecule is CN1CCN(Cc2cncs2)C[C@@H]1c1ccccc1. The van der Waals surface area contributed by atoms with Gasteiger partial charge in [-0.05, 0) is 12.6 Å². The summed E-state index contributed by atoms with van der Waals surface area (Å²) in [6, 6.07) is 11.3. The van der Waals surface area contributed by atoms with E-state index in [0.29, 0.717) is 6.04 Å². The lowest BCUT2D eigenvalue weighted by Gasteiger charge is -2.39. The van der Waals surface area contributed by atoms with Gasteiger partial charge in [0.2, 0.25) is 0 Å². The van der Waals surface area contributed by atoms with Crippen LogP contribution in [0, 0.1) is 0 Å². The molecule has 0 N–H and O–H groups in total. The molecule has 4 heteroatoms. The lowest BCUT2D eigenvalue weighted by Crippen LogP contribution is -2.46. The van der Waals surface area contributed by atoms with Crippen molar-refractivity contribution in [2.75, 3.05) is 26.7 Å². The van der Waals surface area contributed by atoms with Crippen LogP contribution in [0.3, 0.4) is 0 Å². The average Bonchev–Trinajstić information content (AvgIpc) is 2.95. The number of aromatic nitrogens is 1. The Labute approximate surface area is 118 Å². The molecule has 3 rings (SSSR count). The quantitative estimate of drug-likeness (QED) is 0.857. The molecule has 1 aliphatic heterocycles. The molecule has 3 nitrogen and oxygen atoms in total. The molecule has 0 radical (unpaired) electrons. The number of piperazine rings is 1. The summed E-state index contributed by atoms with van der Waals surface area (Å²) in [6.45, 7) is 4.39. The Hall–Kier alpha value is -1.23. The standard InChI is InChI=1S/C15H19N3S/c1-17-7-8-18(10-14-9-16-12-19-14)11-15(17)13-5-3-2-4-6-13/h2-6,9,12,15H,7-8,10-11H2,1H3/t15-/m1/s1. The summed E-state index contributed by atoms with van der Waals surface area (Å²) in [5, 5.41) is 0. The third-order valence-electron chi connectivity index (χ3n) is 3.78. The van der Waals surface area contributed by atoms with Gasteiger partial charge in [0.05, 0.1) is 5.51 Å². The number of rotatable bonds is 3. The second-order valence-electron chi connectivity index (χ2n) is 5.11. The smallest absolute Gasteiger partial charge is 0.0794 e. The fourth-order valence-electron chi connectivity index (χ4n) is 2.65. The van der Waals surface area contributed by atoms with Crippen molar-refractivity contribution in [3.05, 3.63) is 52.5 Å². The summed E-state index contributed by atoms with van der Waals surface area (Å²) >= 11 is 1.75. The van der Waals surface area contributed by atoms with Crippen molar-refractivity contribution in [2.45, 2.75) is 12.6 Å². The minimum Gasteiger partial charge on any atom is -0.297 e. The molecule has 0 amide bonds. The second kappa shape index (κ2) is 5.82. The van der Waals surface area contributed by atoms with Crippen molar-refractivity contribution >= 4 is 11.3 Å². The van der Waals surface area contributed by atoms with E-state index in [1.54, 1.807) is 11.3 Å². The molecule has 0 saturated carbocycles. The second-order valence-corrected chi connectivity index (χ2v) is 6.08. The number of nitrogens with zero attached hydrogens (tertiary/aromatic N) is 3. The maximum Gasteiger partial charge on any atom is 0.0794 e. The van der Waals surface area contributed by atoms with E-state index in [1.165, 1.54) is 10.4 Å². The zero-order valence-corrected chi connectivity index (χ0v) is 12.0. The number of thiazole rings is 1. The molecule has 1 saturated heterocycles. The largest absolute Gasteiger partial charge is 0.297 e. The van der Waals surface area contributed by atoms with E-state index in [0.717, 1.165) is 26.2 Å². The van der Waals surface area contributed by atoms with Gasteiger partial charge in [-0.25, -0.2) is 0 Å². The van der Waals surface area contributed by atoms with Gasteiger partial charge >= 0.3 is 0 Å². The Morgan fingerprint density at radius 1 is 1.26 bits per heavy atom. The zero-order chi connectivity index (χ0) is 13.1. The van der Waals surface area contributed by atoms with Gasteiger partial charge in [0, 0.05) is 43.3 Å². The molecule has 19 heavy (non-hydrogen) atoms. The van der Waals surface area contributed by atoms with Crippen molar-refractivity contribution in [3.63, 3.8) is 0 Å². The van der Waals surface area contributed by atoms with E-state index in [9.17, 15) is 0 Å². The highest BCUT2D eigenvalue weighted by molar-refractivity contribution is 7.09. The fraction of sp³-hybridized carbons (Fsp3) is 0.400. The summed E-state index contributed by atoms with van der Waals surface area (Å²) in [5.74, 6) is 0. The Balaban J connectivity index is 1.70. The van der Waals surface area contributed by atoms with Gasteiger partial charge in [-0.3, -0.25) is 14.8 Å². The molecule has 1 fully saturated rings. The molecular formula is C15H19N3S. The predicted molar refractivity (Wildman–Crippen MR) is 79.2 cm³/mol. The average molecular weight is 273 g/mol. The lowest BCUT2D eigenvalue weighted by molar-refractivity contribution is 0.0912. The van der Waals surface area contributed by atoms with Gasteiger partial charge in [0.1, 0.15) is 0 Å². The van der Waals surface area contributed by atoms with Crippen LogP contribution in [0.2, 0.25) is 0 Å². The van der Waals surface area contributed by atoms with Crippen LogP contribution in [0.15, 0.2) is 42.0 Å². The normalized spacial score (nSPS) is 21.6. The van der Waals surface area contributed by atoms with Crippen molar-refractivity contribution in [3.8, 4) is 0 Å². The molecule has 0 aliphatic carbocycles. The van der Waals surface area contributed by atoms with Crippen LogP contribution >= 0.6 is 11.3 Å². The molecule has 100 valence electrons. The highest BCUT2D eigenvalue weighted by Crippen LogP contribution is 2.25. The molecule has 0 unspecified atom stereocenters. The van der Waals surface area contributed by atoms with Crippen molar-refractivity contribution < 1.29 is 0 Å². The third kappa shape index (κ3) is 3.03. The first-order chi connectivity index (χ1) is 9.33. The van der Waals surface area contributed by atoms with Crippen LogP contribution in [0.5, 0.6) is 0 Å². The number of hydrogen-bond acceptors (Lipinski definition) is 4. The topological polar surface area (TPSA) is 19.4 Å². The van der Waals surface area contributed by atoms with Gasteiger partial charge in [0.25, 0.3) is 0 Å². The van der Waals surface area contributed by atoms with E-state index in [1.807, 2.05) is 11.7 Å². The molecule has 1 aromatic carbocycles. The first-order valence-electron chi connectivity index (χ1n) is 6.68. The minimum absolute atomic E-state index is 0.503. The Morgan fingerprint density at radius 2 is 2.11 bits per heavy atom. The van der Waals surface area contributed by atoms with Gasteiger partial charge in [-0.15, -0.1) is 11.3 Å². The maximum absolute atomic E-state index is 4.16. The number of benzene rings is 1. The van der Waals surface area contributed by atoms with Gasteiger partial charge < -0.3 is 0 Å². The Morgan fingerprint density at radius 3 is 2.84 bits per heavy atom. The maximum atomic E-state index is 4.16. The summed E-state index contributed by atoms with van der Waals surface area (Å²) in [4.78, 5) is 10.5. The number of likely N-dealkylation sites (N-methyl/N-ethyl adjacent to an activating group) is 1. The Kier molecular flexibility index (Phi) is 3.92. The molecule has 2 heterocycles. The summed E-state index contributed by atoms with van der Waals surface area (Å²) in [7, 11) is 2.22. The molecule has 2 aromatic rings. The van der Waals surface area contributed by atoms with Crippen molar-refractivity contribution in [2.24, 2.45) is 0 Å². The molecule has 1 atom stereocenters. The summed E-state index contributed by atoms with van der Waals surface area (Å²) in [5.41, 5.74) is 3.33. The van der Waals surface area contributed by atoms with Crippen LogP contribution in [0.1, 0.15) is 16.5 Å². The van der Waals surface area contributed by atoms with E-state index in [2.05, 4.69) is 52.2 Å². The van der Waals surface area contributed by atoms with Crippen LogP contribution in [-0.2, 0) is 6.54 Å². The summed E-state index contributed by atoms with van der Waals surface area (Å²) < 4.78 is 0. The van der Waals surface area contributed by atoms with Crippen molar-refractivity contribution in [1.29, 1.82) is 0 Å². The lowest BCUT2D eigenvalue weighted by atomic mass is 10.0.